The first-order valence-electron chi connectivity index (χ1n) is 9.74. The van der Waals surface area contributed by atoms with Gasteiger partial charge >= 0.3 is 0 Å². The molecule has 1 heterocycles. The molecule has 0 bridgehead atoms. The first kappa shape index (κ1) is 21.0. The Bertz CT molecular complexity index is 712. The van der Waals surface area contributed by atoms with Crippen molar-refractivity contribution in [1.82, 2.24) is 15.1 Å². The van der Waals surface area contributed by atoms with Crippen LogP contribution in [0.3, 0.4) is 0 Å². The van der Waals surface area contributed by atoms with E-state index in [9.17, 15) is 4.79 Å². The van der Waals surface area contributed by atoms with Gasteiger partial charge in [-0.3, -0.25) is 9.48 Å². The number of nitrogens with one attached hydrogen (secondary N) is 1. The summed E-state index contributed by atoms with van der Waals surface area (Å²) in [4.78, 5) is 12.4. The van der Waals surface area contributed by atoms with Crippen LogP contribution in [0, 0.1) is 0 Å². The molecule has 148 valence electrons. The molecule has 2 rings (SSSR count). The second-order valence-electron chi connectivity index (χ2n) is 6.43. The SMILES string of the molecule is CCOCCCCCOc1cccc(CNC(=O)c2cc(CC)nn2C)c1. The van der Waals surface area contributed by atoms with E-state index in [-0.39, 0.29) is 5.91 Å². The van der Waals surface area contributed by atoms with E-state index < -0.39 is 0 Å². The fourth-order valence-corrected chi connectivity index (χ4v) is 2.75. The third-order valence-electron chi connectivity index (χ3n) is 4.28. The molecule has 0 aliphatic carbocycles. The summed E-state index contributed by atoms with van der Waals surface area (Å²) in [6.45, 7) is 6.78. The molecular formula is C21H31N3O3. The second kappa shape index (κ2) is 11.4. The predicted molar refractivity (Wildman–Crippen MR) is 106 cm³/mol. The summed E-state index contributed by atoms with van der Waals surface area (Å²) in [6, 6.07) is 9.68. The Morgan fingerprint density at radius 2 is 1.96 bits per heavy atom. The van der Waals surface area contributed by atoms with Gasteiger partial charge in [0, 0.05) is 26.8 Å². The van der Waals surface area contributed by atoms with Gasteiger partial charge in [-0.15, -0.1) is 0 Å². The molecule has 0 aliphatic heterocycles. The first-order valence-corrected chi connectivity index (χ1v) is 9.74. The van der Waals surface area contributed by atoms with Crippen LogP contribution in [0.4, 0.5) is 0 Å². The highest BCUT2D eigenvalue weighted by atomic mass is 16.5. The Balaban J connectivity index is 1.76. The molecule has 6 heteroatoms. The van der Waals surface area contributed by atoms with Gasteiger partial charge in [-0.2, -0.15) is 5.10 Å². The second-order valence-corrected chi connectivity index (χ2v) is 6.43. The lowest BCUT2D eigenvalue weighted by atomic mass is 10.2. The Morgan fingerprint density at radius 1 is 1.15 bits per heavy atom. The minimum absolute atomic E-state index is 0.120. The zero-order valence-corrected chi connectivity index (χ0v) is 16.7. The minimum Gasteiger partial charge on any atom is -0.494 e. The largest absolute Gasteiger partial charge is 0.494 e. The molecule has 1 amide bonds. The van der Waals surface area contributed by atoms with E-state index in [2.05, 4.69) is 10.4 Å². The number of hydrogen-bond acceptors (Lipinski definition) is 4. The fraction of sp³-hybridized carbons (Fsp3) is 0.524. The molecule has 6 nitrogen and oxygen atoms in total. The molecule has 2 aromatic rings. The third kappa shape index (κ3) is 7.06. The Labute approximate surface area is 161 Å². The summed E-state index contributed by atoms with van der Waals surface area (Å²) >= 11 is 0. The highest BCUT2D eigenvalue weighted by Crippen LogP contribution is 2.14. The van der Waals surface area contributed by atoms with Crippen molar-refractivity contribution in [2.24, 2.45) is 7.05 Å². The van der Waals surface area contributed by atoms with E-state index >= 15 is 0 Å². The normalized spacial score (nSPS) is 10.8. The molecule has 1 aromatic heterocycles. The fourth-order valence-electron chi connectivity index (χ4n) is 2.75. The van der Waals surface area contributed by atoms with Crippen molar-refractivity contribution in [3.05, 3.63) is 47.3 Å². The van der Waals surface area contributed by atoms with Gasteiger partial charge < -0.3 is 14.8 Å². The molecule has 1 aromatic carbocycles. The maximum atomic E-state index is 12.4. The molecule has 0 aliphatic rings. The standard InChI is InChI=1S/C21H31N3O3/c1-4-18-15-20(24(3)23-18)21(25)22-16-17-10-9-11-19(14-17)27-13-8-6-7-12-26-5-2/h9-11,14-15H,4-8,12-13,16H2,1-3H3,(H,22,25). The highest BCUT2D eigenvalue weighted by molar-refractivity contribution is 5.92. The van der Waals surface area contributed by atoms with E-state index in [4.69, 9.17) is 9.47 Å². The van der Waals surface area contributed by atoms with Crippen LogP contribution in [0.5, 0.6) is 5.75 Å². The van der Waals surface area contributed by atoms with Gasteiger partial charge in [-0.25, -0.2) is 0 Å². The van der Waals surface area contributed by atoms with Crippen molar-refractivity contribution in [2.45, 2.75) is 46.1 Å². The van der Waals surface area contributed by atoms with E-state index in [1.807, 2.05) is 44.2 Å². The van der Waals surface area contributed by atoms with Crippen LogP contribution in [0.25, 0.3) is 0 Å². The number of carbonyl (C=O) groups excluding carboxylic acids is 1. The van der Waals surface area contributed by atoms with Crippen molar-refractivity contribution < 1.29 is 14.3 Å². The smallest absolute Gasteiger partial charge is 0.269 e. The van der Waals surface area contributed by atoms with Crippen molar-refractivity contribution in [3.8, 4) is 5.75 Å². The summed E-state index contributed by atoms with van der Waals surface area (Å²) in [5.41, 5.74) is 2.50. The molecule has 0 unspecified atom stereocenters. The van der Waals surface area contributed by atoms with E-state index in [1.165, 1.54) is 0 Å². The van der Waals surface area contributed by atoms with E-state index in [0.717, 1.165) is 55.9 Å². The quantitative estimate of drug-likeness (QED) is 0.578. The van der Waals surface area contributed by atoms with Crippen LogP contribution < -0.4 is 10.1 Å². The highest BCUT2D eigenvalue weighted by Gasteiger charge is 2.12. The van der Waals surface area contributed by atoms with Crippen molar-refractivity contribution in [3.63, 3.8) is 0 Å². The van der Waals surface area contributed by atoms with Gasteiger partial charge in [0.15, 0.2) is 0 Å². The van der Waals surface area contributed by atoms with Crippen LogP contribution in [0.2, 0.25) is 0 Å². The number of unbranched alkanes of at least 4 members (excludes halogenated alkanes) is 2. The number of amides is 1. The van der Waals surface area contributed by atoms with Crippen molar-refractivity contribution >= 4 is 5.91 Å². The van der Waals surface area contributed by atoms with Gasteiger partial charge in [0.1, 0.15) is 11.4 Å². The molecular weight excluding hydrogens is 342 g/mol. The molecule has 0 spiro atoms. The van der Waals surface area contributed by atoms with E-state index in [1.54, 1.807) is 11.7 Å². The molecule has 1 N–H and O–H groups in total. The number of rotatable bonds is 12. The summed E-state index contributed by atoms with van der Waals surface area (Å²) in [5, 5.41) is 7.26. The average molecular weight is 373 g/mol. The summed E-state index contributed by atoms with van der Waals surface area (Å²) in [6.07, 6.45) is 3.98. The van der Waals surface area contributed by atoms with Gasteiger partial charge in [0.2, 0.25) is 0 Å². The number of hydrogen-bond donors (Lipinski definition) is 1. The van der Waals surface area contributed by atoms with Crippen LogP contribution >= 0.6 is 0 Å². The first-order chi connectivity index (χ1) is 13.1. The zero-order chi connectivity index (χ0) is 19.5. The number of nitrogens with zero attached hydrogens (tertiary/aromatic N) is 2. The van der Waals surface area contributed by atoms with Crippen LogP contribution in [0.1, 0.15) is 54.9 Å². The number of aryl methyl sites for hydroxylation is 2. The van der Waals surface area contributed by atoms with Gasteiger partial charge in [0.05, 0.1) is 12.3 Å². The average Bonchev–Trinajstić information content (AvgIpc) is 3.07. The molecule has 0 fully saturated rings. The lowest BCUT2D eigenvalue weighted by Crippen LogP contribution is -2.25. The maximum Gasteiger partial charge on any atom is 0.269 e. The molecule has 0 radical (unpaired) electrons. The number of benzene rings is 1. The lowest BCUT2D eigenvalue weighted by molar-refractivity contribution is 0.0941. The van der Waals surface area contributed by atoms with Crippen molar-refractivity contribution in [2.75, 3.05) is 19.8 Å². The predicted octanol–water partition coefficient (Wildman–Crippen LogP) is 3.50. The Hall–Kier alpha value is -2.34. The Kier molecular flexibility index (Phi) is 8.84. The molecule has 0 saturated heterocycles. The topological polar surface area (TPSA) is 65.4 Å². The third-order valence-corrected chi connectivity index (χ3v) is 4.28. The van der Waals surface area contributed by atoms with Crippen LogP contribution in [-0.2, 0) is 24.8 Å². The van der Waals surface area contributed by atoms with Crippen LogP contribution in [0.15, 0.2) is 30.3 Å². The van der Waals surface area contributed by atoms with Gasteiger partial charge in [-0.1, -0.05) is 19.1 Å². The summed E-state index contributed by atoms with van der Waals surface area (Å²) in [5.74, 6) is 0.714. The molecule has 0 saturated carbocycles. The summed E-state index contributed by atoms with van der Waals surface area (Å²) < 4.78 is 12.8. The van der Waals surface area contributed by atoms with Crippen molar-refractivity contribution in [1.29, 1.82) is 0 Å². The molecule has 0 atom stereocenters. The van der Waals surface area contributed by atoms with Crippen LogP contribution in [-0.4, -0.2) is 35.5 Å². The lowest BCUT2D eigenvalue weighted by Gasteiger charge is -2.09. The van der Waals surface area contributed by atoms with Gasteiger partial charge in [0.25, 0.3) is 5.91 Å². The summed E-state index contributed by atoms with van der Waals surface area (Å²) in [7, 11) is 1.79. The number of aromatic nitrogens is 2. The number of ether oxygens (including phenoxy) is 2. The van der Waals surface area contributed by atoms with Gasteiger partial charge in [-0.05, 0) is 56.4 Å². The maximum absolute atomic E-state index is 12.4. The zero-order valence-electron chi connectivity index (χ0n) is 16.7. The molecule has 27 heavy (non-hydrogen) atoms. The minimum atomic E-state index is -0.120. The van der Waals surface area contributed by atoms with E-state index in [0.29, 0.717) is 18.8 Å². The number of carbonyl (C=O) groups is 1. The Morgan fingerprint density at radius 3 is 2.70 bits per heavy atom. The monoisotopic (exact) mass is 373 g/mol.